The van der Waals surface area contributed by atoms with Gasteiger partial charge in [-0.2, -0.15) is 10.5 Å². The van der Waals surface area contributed by atoms with E-state index in [-0.39, 0.29) is 55.1 Å². The Morgan fingerprint density at radius 2 is 0.663 bits per heavy atom. The largest absolute Gasteiger partial charge is 0.454 e. The molecule has 8 heteroatoms. The molecular weight excluding hydrogens is 1120 g/mol. The van der Waals surface area contributed by atoms with Gasteiger partial charge < -0.3 is 27.1 Å². The van der Waals surface area contributed by atoms with Gasteiger partial charge in [0.2, 0.25) is 0 Å². The standard InChI is InChI=1S/C84H68N6O2/c1-81(2,3)47-37-39-67-55(41-47)57-43-61(83(7,8)9)71-53-29-17-23-35-69(53)91-79(71)77(57)89(67)75-59(45-85)74(88-65-33-21-15-27-51(65)52-28-16-22-34-66(52)88)76(60(46-86)73(75)87-63-31-19-13-25-49(63)50-26-14-20-32-64(50)87)90-68-40-38-48(82(4,5)6)42-56(68)58-44-62(84(10,11)12)72-54-30-18-24-36-70(54)92-80(72)78(58)90/h13-44H,1-12H3/i13D,14D,15D,16D,19D,20D,21D,22D,25D,26D,27D,28D,31D,32D,33D,34D. The predicted octanol–water partition coefficient (Wildman–Crippen LogP) is 22.8. The molecule has 0 aliphatic carbocycles. The number of nitriles is 2. The van der Waals surface area contributed by atoms with Crippen LogP contribution in [0.4, 0.5) is 0 Å². The van der Waals surface area contributed by atoms with Crippen molar-refractivity contribution >= 4 is 131 Å². The molecule has 0 unspecified atom stereocenters. The van der Waals surface area contributed by atoms with Crippen molar-refractivity contribution in [1.82, 2.24) is 18.3 Å². The topological polar surface area (TPSA) is 93.6 Å². The fraction of sp³-hybridized carbons (Fsp3) is 0.190. The second-order valence-electron chi connectivity index (χ2n) is 28.3. The highest BCUT2D eigenvalue weighted by molar-refractivity contribution is 6.26. The molecule has 6 heterocycles. The van der Waals surface area contributed by atoms with Crippen molar-refractivity contribution < 1.29 is 30.8 Å². The van der Waals surface area contributed by atoms with E-state index in [1.165, 1.54) is 9.13 Å². The van der Waals surface area contributed by atoms with Gasteiger partial charge in [-0.1, -0.05) is 204 Å². The molecule has 0 radical (unpaired) electrons. The third-order valence-corrected chi connectivity index (χ3v) is 18.7. The van der Waals surface area contributed by atoms with Crippen molar-refractivity contribution in [1.29, 1.82) is 10.5 Å². The summed E-state index contributed by atoms with van der Waals surface area (Å²) in [5.74, 6) is 0. The van der Waals surface area contributed by atoms with Gasteiger partial charge in [-0.15, -0.1) is 0 Å². The smallest absolute Gasteiger partial charge is 0.160 e. The Labute approximate surface area is 555 Å². The van der Waals surface area contributed by atoms with Crippen LogP contribution in [0, 0.1) is 22.7 Å². The first-order chi connectivity index (χ1) is 50.8. The number of nitrogens with zero attached hydrogens (tertiary/aromatic N) is 6. The number of furan rings is 2. The summed E-state index contributed by atoms with van der Waals surface area (Å²) < 4.78 is 177. The summed E-state index contributed by atoms with van der Waals surface area (Å²) in [5.41, 5.74) is -0.320. The number of para-hydroxylation sites is 6. The van der Waals surface area contributed by atoms with Crippen LogP contribution in [-0.2, 0) is 21.7 Å². The highest BCUT2D eigenvalue weighted by Crippen LogP contribution is 2.54. The Hall–Kier alpha value is -10.8. The van der Waals surface area contributed by atoms with Crippen LogP contribution in [-0.4, -0.2) is 18.3 Å². The second kappa shape index (κ2) is 18.9. The third kappa shape index (κ3) is 7.55. The average molecular weight is 1210 g/mol. The van der Waals surface area contributed by atoms with Crippen molar-refractivity contribution in [2.75, 3.05) is 0 Å². The van der Waals surface area contributed by atoms with Gasteiger partial charge in [-0.05, 0) is 117 Å². The van der Waals surface area contributed by atoms with Crippen molar-refractivity contribution in [3.8, 4) is 34.9 Å². The summed E-state index contributed by atoms with van der Waals surface area (Å²) in [7, 11) is 0. The molecule has 446 valence electrons. The van der Waals surface area contributed by atoms with E-state index < -0.39 is 163 Å². The van der Waals surface area contributed by atoms with Gasteiger partial charge in [0.1, 0.15) is 34.4 Å². The Bertz CT molecular complexity index is 6620. The van der Waals surface area contributed by atoms with Crippen LogP contribution < -0.4 is 0 Å². The van der Waals surface area contributed by atoms with Crippen LogP contribution in [0.1, 0.15) is 138 Å². The number of hydrogen-bond donors (Lipinski definition) is 0. The lowest BCUT2D eigenvalue weighted by atomic mass is 9.82. The summed E-state index contributed by atoms with van der Waals surface area (Å²) in [6, 6.07) is 24.0. The molecule has 0 saturated heterocycles. The fourth-order valence-electron chi connectivity index (χ4n) is 14.4. The molecule has 0 aliphatic rings. The molecule has 92 heavy (non-hydrogen) atoms. The molecule has 17 aromatic rings. The highest BCUT2D eigenvalue weighted by Gasteiger charge is 2.38. The van der Waals surface area contributed by atoms with Crippen molar-refractivity contribution in [3.63, 3.8) is 0 Å². The normalized spacial score (nSPS) is 15.4. The zero-order chi connectivity index (χ0) is 77.3. The summed E-state index contributed by atoms with van der Waals surface area (Å²) in [4.78, 5) is 0. The maximum Gasteiger partial charge on any atom is 0.160 e. The number of aromatic nitrogens is 4. The minimum absolute atomic E-state index is 0.274. The van der Waals surface area contributed by atoms with Gasteiger partial charge in [0.05, 0.1) is 88.8 Å². The van der Waals surface area contributed by atoms with E-state index in [2.05, 4.69) is 107 Å². The first kappa shape index (κ1) is 40.8. The Morgan fingerprint density at radius 1 is 0.337 bits per heavy atom. The molecule has 11 aromatic carbocycles. The zero-order valence-corrected chi connectivity index (χ0v) is 52.7. The Kier molecular flexibility index (Phi) is 8.37. The van der Waals surface area contributed by atoms with Gasteiger partial charge in [0.25, 0.3) is 0 Å². The van der Waals surface area contributed by atoms with Crippen molar-refractivity contribution in [2.45, 2.75) is 105 Å². The van der Waals surface area contributed by atoms with E-state index in [1.54, 1.807) is 9.13 Å². The van der Waals surface area contributed by atoms with Gasteiger partial charge in [0, 0.05) is 64.6 Å². The van der Waals surface area contributed by atoms with E-state index >= 15 is 0 Å². The molecule has 0 atom stereocenters. The summed E-state index contributed by atoms with van der Waals surface area (Å²) in [5, 5.41) is 30.8. The molecule has 0 bridgehead atoms. The zero-order valence-electron chi connectivity index (χ0n) is 68.7. The van der Waals surface area contributed by atoms with Gasteiger partial charge in [0.15, 0.2) is 11.2 Å². The quantitative estimate of drug-likeness (QED) is 0.175. The first-order valence-electron chi connectivity index (χ1n) is 38.7. The molecule has 0 N–H and O–H groups in total. The molecule has 0 amide bonds. The number of rotatable bonds is 4. The van der Waals surface area contributed by atoms with Gasteiger partial charge >= 0.3 is 0 Å². The molecule has 0 fully saturated rings. The highest BCUT2D eigenvalue weighted by atomic mass is 16.3. The van der Waals surface area contributed by atoms with Crippen molar-refractivity contribution in [2.24, 2.45) is 0 Å². The molecule has 6 aromatic heterocycles. The lowest BCUT2D eigenvalue weighted by Crippen LogP contribution is -2.17. The molecular formula is C84H68N6O2. The fourth-order valence-corrected chi connectivity index (χ4v) is 14.4. The predicted molar refractivity (Wildman–Crippen MR) is 383 cm³/mol. The molecule has 0 saturated carbocycles. The van der Waals surface area contributed by atoms with E-state index in [1.807, 2.05) is 84.9 Å². The third-order valence-electron chi connectivity index (χ3n) is 18.7. The lowest BCUT2D eigenvalue weighted by molar-refractivity contribution is 0.591. The summed E-state index contributed by atoms with van der Waals surface area (Å²) in [6.45, 7) is 24.8. The maximum absolute atomic E-state index is 13.6. The maximum atomic E-state index is 13.6. The monoisotopic (exact) mass is 1210 g/mol. The Balaban J connectivity index is 1.30. The summed E-state index contributed by atoms with van der Waals surface area (Å²) in [6.07, 6.45) is 0. The number of fused-ring (bicyclic) bond motifs is 20. The van der Waals surface area contributed by atoms with Crippen LogP contribution >= 0.6 is 0 Å². The van der Waals surface area contributed by atoms with Crippen LogP contribution in [0.3, 0.4) is 0 Å². The van der Waals surface area contributed by atoms with Crippen molar-refractivity contribution in [3.05, 3.63) is 227 Å². The van der Waals surface area contributed by atoms with Crippen LogP contribution in [0.2, 0.25) is 0 Å². The van der Waals surface area contributed by atoms with E-state index in [4.69, 9.17) is 8.83 Å². The van der Waals surface area contributed by atoms with E-state index in [0.717, 1.165) is 22.3 Å². The lowest BCUT2D eigenvalue weighted by Gasteiger charge is -2.27. The second-order valence-corrected chi connectivity index (χ2v) is 28.3. The molecule has 0 spiro atoms. The first-order valence-corrected chi connectivity index (χ1v) is 30.7. The number of hydrogen-bond acceptors (Lipinski definition) is 4. The van der Waals surface area contributed by atoms with Crippen LogP contribution in [0.25, 0.3) is 154 Å². The SMILES string of the molecule is [2H]c1c([2H])c([2H])c2c(c1[2H])c1c([2H])c([2H])c([2H])c([2H])c1n2-c1c(C#N)c(-n2c3ccc(C(C)(C)C)cc3c3cc(C(C)(C)C)c4c5ccccc5oc4c32)c(-n2c3c([2H])c([2H])c([2H])c([2H])c3c3c([2H])c([2H])c([2H])c([2H])c32)c(C#N)c1-n1c2ccc(C(C)(C)C)cc2c2cc(C(C)(C)C)c3c4ccccc4oc3c21. The van der Waals surface area contributed by atoms with Crippen LogP contribution in [0.15, 0.2) is 203 Å². The summed E-state index contributed by atoms with van der Waals surface area (Å²) >= 11 is 0. The molecule has 0 aliphatic heterocycles. The van der Waals surface area contributed by atoms with E-state index in [9.17, 15) is 32.5 Å². The average Bonchev–Trinajstić information content (AvgIpc) is 1.50. The Morgan fingerprint density at radius 3 is 0.989 bits per heavy atom. The van der Waals surface area contributed by atoms with Gasteiger partial charge in [-0.25, -0.2) is 0 Å². The minimum atomic E-state index is -0.790. The minimum Gasteiger partial charge on any atom is -0.454 e. The molecule has 8 nitrogen and oxygen atoms in total. The molecule has 17 rings (SSSR count). The number of benzene rings is 11. The van der Waals surface area contributed by atoms with E-state index in [0.29, 0.717) is 65.3 Å². The van der Waals surface area contributed by atoms with Crippen LogP contribution in [0.5, 0.6) is 0 Å². The van der Waals surface area contributed by atoms with Gasteiger partial charge in [-0.3, -0.25) is 0 Å².